The lowest BCUT2D eigenvalue weighted by Crippen LogP contribution is -2.47. The standard InChI is InChI=1S/C17H20N2O5/c1-22-14-9-12(16(21)23-2)5-6-13(14)24-10-15(20)19-17(11-18)7-3-4-8-17/h5-6,9H,3-4,7-8,10H2,1-2H3,(H,19,20). The number of nitrogens with one attached hydrogen (secondary N) is 1. The first-order chi connectivity index (χ1) is 11.5. The highest BCUT2D eigenvalue weighted by molar-refractivity contribution is 5.90. The summed E-state index contributed by atoms with van der Waals surface area (Å²) in [4.78, 5) is 23.6. The highest BCUT2D eigenvalue weighted by atomic mass is 16.5. The molecule has 1 aromatic carbocycles. The SMILES string of the molecule is COC(=O)c1ccc(OCC(=O)NC2(C#N)CCCC2)c(OC)c1. The van der Waals surface area contributed by atoms with Crippen LogP contribution in [0, 0.1) is 11.3 Å². The van der Waals surface area contributed by atoms with E-state index in [9.17, 15) is 14.9 Å². The molecular weight excluding hydrogens is 312 g/mol. The van der Waals surface area contributed by atoms with Crippen LogP contribution in [0.2, 0.25) is 0 Å². The van der Waals surface area contributed by atoms with Gasteiger partial charge in [-0.15, -0.1) is 0 Å². The monoisotopic (exact) mass is 332 g/mol. The van der Waals surface area contributed by atoms with Crippen molar-refractivity contribution < 1.29 is 23.8 Å². The van der Waals surface area contributed by atoms with Gasteiger partial charge in [0, 0.05) is 0 Å². The summed E-state index contributed by atoms with van der Waals surface area (Å²) in [7, 11) is 2.73. The molecule has 7 heteroatoms. The van der Waals surface area contributed by atoms with Gasteiger partial charge in [-0.3, -0.25) is 4.79 Å². The van der Waals surface area contributed by atoms with Crippen LogP contribution < -0.4 is 14.8 Å². The minimum atomic E-state index is -0.779. The average molecular weight is 332 g/mol. The van der Waals surface area contributed by atoms with Crippen molar-refractivity contribution in [1.29, 1.82) is 5.26 Å². The van der Waals surface area contributed by atoms with Crippen LogP contribution in [0.1, 0.15) is 36.0 Å². The van der Waals surface area contributed by atoms with Crippen molar-refractivity contribution in [3.05, 3.63) is 23.8 Å². The van der Waals surface area contributed by atoms with Crippen molar-refractivity contribution in [2.24, 2.45) is 0 Å². The Balaban J connectivity index is 1.99. The van der Waals surface area contributed by atoms with Gasteiger partial charge in [0.25, 0.3) is 5.91 Å². The summed E-state index contributed by atoms with van der Waals surface area (Å²) in [5.41, 5.74) is -0.459. The molecule has 24 heavy (non-hydrogen) atoms. The topological polar surface area (TPSA) is 97.6 Å². The Bertz CT molecular complexity index is 659. The van der Waals surface area contributed by atoms with Gasteiger partial charge in [0.1, 0.15) is 5.54 Å². The summed E-state index contributed by atoms with van der Waals surface area (Å²) >= 11 is 0. The number of esters is 1. The lowest BCUT2D eigenvalue weighted by molar-refractivity contribution is -0.124. The van der Waals surface area contributed by atoms with Gasteiger partial charge < -0.3 is 19.5 Å². The number of methoxy groups -OCH3 is 2. The molecule has 0 radical (unpaired) electrons. The second kappa shape index (κ2) is 7.68. The number of nitriles is 1. The number of nitrogens with zero attached hydrogens (tertiary/aromatic N) is 1. The maximum atomic E-state index is 12.1. The van der Waals surface area contributed by atoms with Crippen LogP contribution >= 0.6 is 0 Å². The summed E-state index contributed by atoms with van der Waals surface area (Å²) in [6, 6.07) is 6.73. The van der Waals surface area contributed by atoms with Gasteiger partial charge in [-0.1, -0.05) is 0 Å². The molecule has 1 N–H and O–H groups in total. The zero-order valence-electron chi connectivity index (χ0n) is 13.8. The van der Waals surface area contributed by atoms with E-state index in [1.807, 2.05) is 0 Å². The minimum Gasteiger partial charge on any atom is -0.493 e. The van der Waals surface area contributed by atoms with Crippen LogP contribution in [0.25, 0.3) is 0 Å². The quantitative estimate of drug-likeness (QED) is 0.798. The third kappa shape index (κ3) is 3.96. The highest BCUT2D eigenvalue weighted by Crippen LogP contribution is 2.30. The molecule has 7 nitrogen and oxygen atoms in total. The van der Waals surface area contributed by atoms with Crippen molar-refractivity contribution in [3.8, 4) is 17.6 Å². The number of amides is 1. The van der Waals surface area contributed by atoms with Crippen molar-refractivity contribution >= 4 is 11.9 Å². The van der Waals surface area contributed by atoms with Crippen molar-refractivity contribution in [2.75, 3.05) is 20.8 Å². The molecule has 0 aromatic heterocycles. The molecule has 0 heterocycles. The zero-order valence-corrected chi connectivity index (χ0v) is 13.8. The van der Waals surface area contributed by atoms with Gasteiger partial charge in [0.15, 0.2) is 18.1 Å². The number of benzene rings is 1. The molecule has 1 aromatic rings. The van der Waals surface area contributed by atoms with Gasteiger partial charge in [0.05, 0.1) is 25.9 Å². The second-order valence-electron chi connectivity index (χ2n) is 5.60. The van der Waals surface area contributed by atoms with E-state index in [0.29, 0.717) is 29.9 Å². The van der Waals surface area contributed by atoms with E-state index < -0.39 is 11.5 Å². The molecule has 2 rings (SSSR count). The number of rotatable bonds is 6. The Labute approximate surface area is 140 Å². The van der Waals surface area contributed by atoms with E-state index in [0.717, 1.165) is 12.8 Å². The molecule has 1 aliphatic rings. The molecule has 1 fully saturated rings. The van der Waals surface area contributed by atoms with E-state index in [1.54, 1.807) is 0 Å². The number of carbonyl (C=O) groups is 2. The van der Waals surface area contributed by atoms with Crippen LogP contribution in [-0.2, 0) is 9.53 Å². The number of ether oxygens (including phenoxy) is 3. The lowest BCUT2D eigenvalue weighted by atomic mass is 10.00. The molecule has 1 amide bonds. The van der Waals surface area contributed by atoms with Crippen molar-refractivity contribution in [3.63, 3.8) is 0 Å². The average Bonchev–Trinajstić information content (AvgIpc) is 3.08. The first-order valence-electron chi connectivity index (χ1n) is 7.65. The fourth-order valence-corrected chi connectivity index (χ4v) is 2.72. The molecule has 0 unspecified atom stereocenters. The van der Waals surface area contributed by atoms with Gasteiger partial charge in [-0.25, -0.2) is 4.79 Å². The maximum absolute atomic E-state index is 12.1. The Hall–Kier alpha value is -2.75. The Morgan fingerprint density at radius 2 is 1.96 bits per heavy atom. The molecule has 1 saturated carbocycles. The van der Waals surface area contributed by atoms with Crippen molar-refractivity contribution in [2.45, 2.75) is 31.2 Å². The van der Waals surface area contributed by atoms with Crippen molar-refractivity contribution in [1.82, 2.24) is 5.32 Å². The zero-order chi connectivity index (χ0) is 17.6. The highest BCUT2D eigenvalue weighted by Gasteiger charge is 2.35. The summed E-state index contributed by atoms with van der Waals surface area (Å²) in [5.74, 6) is -0.202. The molecule has 1 aliphatic carbocycles. The van der Waals surface area contributed by atoms with Gasteiger partial charge in [0.2, 0.25) is 0 Å². The minimum absolute atomic E-state index is 0.239. The summed E-state index contributed by atoms with van der Waals surface area (Å²) < 4.78 is 15.3. The molecule has 0 spiro atoms. The molecule has 128 valence electrons. The summed E-state index contributed by atoms with van der Waals surface area (Å²) in [6.07, 6.45) is 3.17. The fraction of sp³-hybridized carbons (Fsp3) is 0.471. The first-order valence-corrected chi connectivity index (χ1v) is 7.65. The summed E-state index contributed by atoms with van der Waals surface area (Å²) in [6.45, 7) is -0.239. The molecule has 0 atom stereocenters. The normalized spacial score (nSPS) is 15.2. The van der Waals surface area contributed by atoms with Crippen LogP contribution in [0.15, 0.2) is 18.2 Å². The third-order valence-electron chi connectivity index (χ3n) is 3.99. The van der Waals surface area contributed by atoms with Gasteiger partial charge in [-0.05, 0) is 43.9 Å². The van der Waals surface area contributed by atoms with Crippen LogP contribution in [0.5, 0.6) is 11.5 Å². The maximum Gasteiger partial charge on any atom is 0.337 e. The smallest absolute Gasteiger partial charge is 0.337 e. The van der Waals surface area contributed by atoms with E-state index in [4.69, 9.17) is 9.47 Å². The van der Waals surface area contributed by atoms with E-state index in [2.05, 4.69) is 16.1 Å². The van der Waals surface area contributed by atoms with Gasteiger partial charge >= 0.3 is 5.97 Å². The second-order valence-corrected chi connectivity index (χ2v) is 5.60. The lowest BCUT2D eigenvalue weighted by Gasteiger charge is -2.22. The third-order valence-corrected chi connectivity index (χ3v) is 3.99. The van der Waals surface area contributed by atoms with Crippen LogP contribution in [-0.4, -0.2) is 38.2 Å². The van der Waals surface area contributed by atoms with E-state index >= 15 is 0 Å². The predicted octanol–water partition coefficient (Wildman–Crippen LogP) is 1.81. The first kappa shape index (κ1) is 17.6. The van der Waals surface area contributed by atoms with Gasteiger partial charge in [-0.2, -0.15) is 5.26 Å². The number of hydrogen-bond donors (Lipinski definition) is 1. The van der Waals surface area contributed by atoms with E-state index in [-0.39, 0.29) is 12.5 Å². The van der Waals surface area contributed by atoms with Crippen LogP contribution in [0.4, 0.5) is 0 Å². The van der Waals surface area contributed by atoms with E-state index in [1.165, 1.54) is 32.4 Å². The molecule has 0 aliphatic heterocycles. The molecule has 0 saturated heterocycles. The number of carbonyl (C=O) groups excluding carboxylic acids is 2. The summed E-state index contributed by atoms with van der Waals surface area (Å²) in [5, 5.41) is 12.0. The Morgan fingerprint density at radius 1 is 1.25 bits per heavy atom. The predicted molar refractivity (Wildman–Crippen MR) is 84.8 cm³/mol. The Morgan fingerprint density at radius 3 is 2.54 bits per heavy atom. The number of hydrogen-bond acceptors (Lipinski definition) is 6. The Kier molecular flexibility index (Phi) is 5.64. The largest absolute Gasteiger partial charge is 0.493 e. The molecular formula is C17H20N2O5. The molecule has 0 bridgehead atoms. The van der Waals surface area contributed by atoms with Crippen LogP contribution in [0.3, 0.4) is 0 Å². The fourth-order valence-electron chi connectivity index (χ4n) is 2.72.